The summed E-state index contributed by atoms with van der Waals surface area (Å²) in [5, 5.41) is 19.9. The number of hydrogen-bond donors (Lipinski definition) is 1. The van der Waals surface area contributed by atoms with Gasteiger partial charge in [0.15, 0.2) is 0 Å². The van der Waals surface area contributed by atoms with Crippen LogP contribution < -0.4 is 0 Å². The van der Waals surface area contributed by atoms with E-state index in [0.29, 0.717) is 5.56 Å². The number of carbonyl (C=O) groups is 1. The molecule has 2 aromatic carbocycles. The molecule has 1 aliphatic rings. The molecule has 7 heteroatoms. The van der Waals surface area contributed by atoms with Crippen molar-refractivity contribution in [3.05, 3.63) is 75.8 Å². The molecule has 0 bridgehead atoms. The Balaban J connectivity index is 1.66. The SMILES string of the molecule is O=C(O)OC(c1ccc([N+](=O)[O-])cc1)C1CCN(Cc2ccccc2)CC1. The Bertz CT molecular complexity index is 771. The molecule has 0 spiro atoms. The standard InChI is InChI=1S/C20H22N2O5/c23-20(24)27-19(16-6-8-18(9-7-16)22(25)26)17-10-12-21(13-11-17)14-15-4-2-1-3-5-15/h1-9,17,19H,10-14H2,(H,23,24). The molecule has 3 rings (SSSR count). The first-order valence-electron chi connectivity index (χ1n) is 8.93. The fourth-order valence-electron chi connectivity index (χ4n) is 3.59. The predicted molar refractivity (Wildman–Crippen MR) is 99.4 cm³/mol. The minimum absolute atomic E-state index is 0.0227. The summed E-state index contributed by atoms with van der Waals surface area (Å²) in [6.45, 7) is 2.58. The van der Waals surface area contributed by atoms with Crippen molar-refractivity contribution >= 4 is 11.8 Å². The Morgan fingerprint density at radius 2 is 1.78 bits per heavy atom. The smallest absolute Gasteiger partial charge is 0.450 e. The Labute approximate surface area is 157 Å². The van der Waals surface area contributed by atoms with E-state index >= 15 is 0 Å². The molecule has 0 radical (unpaired) electrons. The van der Waals surface area contributed by atoms with Crippen LogP contribution in [0.5, 0.6) is 0 Å². The maximum Gasteiger partial charge on any atom is 0.506 e. The zero-order valence-corrected chi connectivity index (χ0v) is 14.9. The van der Waals surface area contributed by atoms with Crippen molar-refractivity contribution in [1.29, 1.82) is 0 Å². The van der Waals surface area contributed by atoms with Gasteiger partial charge < -0.3 is 9.84 Å². The normalized spacial score (nSPS) is 16.6. The molecular formula is C20H22N2O5. The average molecular weight is 370 g/mol. The minimum Gasteiger partial charge on any atom is -0.450 e. The molecular weight excluding hydrogens is 348 g/mol. The third-order valence-corrected chi connectivity index (χ3v) is 4.97. The van der Waals surface area contributed by atoms with E-state index in [4.69, 9.17) is 9.84 Å². The lowest BCUT2D eigenvalue weighted by Crippen LogP contribution is -2.36. The first-order valence-corrected chi connectivity index (χ1v) is 8.93. The van der Waals surface area contributed by atoms with Crippen LogP contribution in [0.2, 0.25) is 0 Å². The highest BCUT2D eigenvalue weighted by molar-refractivity contribution is 5.57. The first kappa shape index (κ1) is 18.8. The van der Waals surface area contributed by atoms with Gasteiger partial charge in [0, 0.05) is 24.6 Å². The number of nitrogens with zero attached hydrogens (tertiary/aromatic N) is 2. The number of piperidine rings is 1. The number of likely N-dealkylation sites (tertiary alicyclic amines) is 1. The molecule has 0 aromatic heterocycles. The fourth-order valence-corrected chi connectivity index (χ4v) is 3.59. The third-order valence-electron chi connectivity index (χ3n) is 4.97. The highest BCUT2D eigenvalue weighted by atomic mass is 16.7. The molecule has 1 heterocycles. The third kappa shape index (κ3) is 5.04. The van der Waals surface area contributed by atoms with Crippen LogP contribution in [0.15, 0.2) is 54.6 Å². The van der Waals surface area contributed by atoms with E-state index in [2.05, 4.69) is 17.0 Å². The van der Waals surface area contributed by atoms with Gasteiger partial charge in [-0.25, -0.2) is 4.79 Å². The number of nitro groups is 1. The lowest BCUT2D eigenvalue weighted by Gasteiger charge is -2.35. The number of carboxylic acid groups (broad SMARTS) is 1. The Hall–Kier alpha value is -2.93. The predicted octanol–water partition coefficient (Wildman–Crippen LogP) is 4.24. The molecule has 1 N–H and O–H groups in total. The van der Waals surface area contributed by atoms with Crippen LogP contribution in [0, 0.1) is 16.0 Å². The van der Waals surface area contributed by atoms with E-state index in [1.165, 1.54) is 17.7 Å². The summed E-state index contributed by atoms with van der Waals surface area (Å²) >= 11 is 0. The summed E-state index contributed by atoms with van der Waals surface area (Å²) in [5.41, 5.74) is 1.89. The van der Waals surface area contributed by atoms with Crippen molar-refractivity contribution in [3.8, 4) is 0 Å². The summed E-state index contributed by atoms with van der Waals surface area (Å²) in [5.74, 6) is 0.0505. The molecule has 2 aromatic rings. The van der Waals surface area contributed by atoms with Gasteiger partial charge in [-0.3, -0.25) is 15.0 Å². The topological polar surface area (TPSA) is 92.9 Å². The maximum absolute atomic E-state index is 11.2. The monoisotopic (exact) mass is 370 g/mol. The number of nitro benzene ring substituents is 1. The van der Waals surface area contributed by atoms with E-state index in [1.54, 1.807) is 12.1 Å². The van der Waals surface area contributed by atoms with Gasteiger partial charge in [0.25, 0.3) is 5.69 Å². The number of hydrogen-bond acceptors (Lipinski definition) is 5. The molecule has 1 atom stereocenters. The zero-order valence-electron chi connectivity index (χ0n) is 14.9. The van der Waals surface area contributed by atoms with E-state index in [0.717, 1.165) is 32.5 Å². The fraction of sp³-hybridized carbons (Fsp3) is 0.350. The van der Waals surface area contributed by atoms with Crippen molar-refractivity contribution in [2.75, 3.05) is 13.1 Å². The molecule has 0 aliphatic carbocycles. The van der Waals surface area contributed by atoms with Crippen molar-refractivity contribution in [2.45, 2.75) is 25.5 Å². The largest absolute Gasteiger partial charge is 0.506 e. The van der Waals surface area contributed by atoms with Crippen molar-refractivity contribution < 1.29 is 19.6 Å². The van der Waals surface area contributed by atoms with Crippen molar-refractivity contribution in [2.24, 2.45) is 5.92 Å². The van der Waals surface area contributed by atoms with Gasteiger partial charge in [-0.2, -0.15) is 0 Å². The molecule has 1 saturated heterocycles. The van der Waals surface area contributed by atoms with Gasteiger partial charge in [0.05, 0.1) is 4.92 Å². The molecule has 0 saturated carbocycles. The highest BCUT2D eigenvalue weighted by Crippen LogP contribution is 2.35. The minimum atomic E-state index is -1.33. The van der Waals surface area contributed by atoms with Gasteiger partial charge in [0.2, 0.25) is 0 Å². The van der Waals surface area contributed by atoms with Crippen LogP contribution in [0.4, 0.5) is 10.5 Å². The van der Waals surface area contributed by atoms with Gasteiger partial charge in [-0.1, -0.05) is 30.3 Å². The summed E-state index contributed by atoms with van der Waals surface area (Å²) < 4.78 is 5.16. The summed E-state index contributed by atoms with van der Waals surface area (Å²) in [4.78, 5) is 23.9. The summed E-state index contributed by atoms with van der Waals surface area (Å²) in [7, 11) is 0. The van der Waals surface area contributed by atoms with E-state index in [9.17, 15) is 14.9 Å². The summed E-state index contributed by atoms with van der Waals surface area (Å²) in [6.07, 6.45) is -0.323. The van der Waals surface area contributed by atoms with Crippen molar-refractivity contribution in [3.63, 3.8) is 0 Å². The number of rotatable bonds is 6. The van der Waals surface area contributed by atoms with Crippen LogP contribution >= 0.6 is 0 Å². The quantitative estimate of drug-likeness (QED) is 0.464. The Kier molecular flexibility index (Phi) is 6.03. The number of non-ortho nitro benzene ring substituents is 1. The van der Waals surface area contributed by atoms with Crippen LogP contribution in [0.1, 0.15) is 30.1 Å². The molecule has 1 unspecified atom stereocenters. The van der Waals surface area contributed by atoms with Crippen LogP contribution in [0.25, 0.3) is 0 Å². The van der Waals surface area contributed by atoms with Crippen molar-refractivity contribution in [1.82, 2.24) is 4.90 Å². The number of benzene rings is 2. The molecule has 27 heavy (non-hydrogen) atoms. The lowest BCUT2D eigenvalue weighted by molar-refractivity contribution is -0.384. The first-order chi connectivity index (χ1) is 13.0. The van der Waals surface area contributed by atoms with Crippen LogP contribution in [-0.4, -0.2) is 34.2 Å². The van der Waals surface area contributed by atoms with Crippen LogP contribution in [0.3, 0.4) is 0 Å². The van der Waals surface area contributed by atoms with E-state index in [1.807, 2.05) is 18.2 Å². The van der Waals surface area contributed by atoms with E-state index in [-0.39, 0.29) is 11.6 Å². The maximum atomic E-state index is 11.2. The Morgan fingerprint density at radius 1 is 1.15 bits per heavy atom. The molecule has 7 nitrogen and oxygen atoms in total. The number of ether oxygens (including phenoxy) is 1. The van der Waals surface area contributed by atoms with Gasteiger partial charge in [-0.15, -0.1) is 0 Å². The molecule has 142 valence electrons. The second-order valence-corrected chi connectivity index (χ2v) is 6.75. The average Bonchev–Trinajstić information content (AvgIpc) is 2.68. The lowest BCUT2D eigenvalue weighted by atomic mass is 9.87. The van der Waals surface area contributed by atoms with Gasteiger partial charge >= 0.3 is 6.16 Å². The Morgan fingerprint density at radius 3 is 2.33 bits per heavy atom. The highest BCUT2D eigenvalue weighted by Gasteiger charge is 2.31. The second-order valence-electron chi connectivity index (χ2n) is 6.75. The van der Waals surface area contributed by atoms with Crippen LogP contribution in [-0.2, 0) is 11.3 Å². The summed E-state index contributed by atoms with van der Waals surface area (Å²) in [6, 6.07) is 16.2. The van der Waals surface area contributed by atoms with Gasteiger partial charge in [0.1, 0.15) is 6.10 Å². The zero-order chi connectivity index (χ0) is 19.2. The second kappa shape index (κ2) is 8.64. The van der Waals surface area contributed by atoms with E-state index < -0.39 is 17.2 Å². The van der Waals surface area contributed by atoms with Gasteiger partial charge in [-0.05, 0) is 49.2 Å². The molecule has 1 aliphatic heterocycles. The molecule has 0 amide bonds. The molecule has 1 fully saturated rings.